The number of benzene rings is 2. The van der Waals surface area contributed by atoms with Crippen molar-refractivity contribution in [3.63, 3.8) is 0 Å². The molecule has 2 aromatic rings. The van der Waals surface area contributed by atoms with Gasteiger partial charge in [-0.2, -0.15) is 0 Å². The average molecular weight is 283 g/mol. The molecule has 1 aliphatic rings. The first kappa shape index (κ1) is 14.6. The van der Waals surface area contributed by atoms with Gasteiger partial charge in [-0.25, -0.2) is 0 Å². The van der Waals surface area contributed by atoms with E-state index in [2.05, 4.69) is 42.5 Å². The quantitative estimate of drug-likeness (QED) is 0.867. The molecule has 2 atom stereocenters. The van der Waals surface area contributed by atoms with Crippen LogP contribution in [0.25, 0.3) is 10.8 Å². The van der Waals surface area contributed by atoms with Gasteiger partial charge in [0.05, 0.1) is 6.10 Å². The Morgan fingerprint density at radius 3 is 2.81 bits per heavy atom. The van der Waals surface area contributed by atoms with Gasteiger partial charge in [-0.15, -0.1) is 0 Å². The Hall–Kier alpha value is -1.38. The van der Waals surface area contributed by atoms with Crippen LogP contribution in [0.3, 0.4) is 0 Å². The zero-order valence-corrected chi connectivity index (χ0v) is 12.6. The van der Waals surface area contributed by atoms with Crippen molar-refractivity contribution in [2.24, 2.45) is 5.73 Å². The van der Waals surface area contributed by atoms with E-state index in [1.54, 1.807) is 0 Å². The van der Waals surface area contributed by atoms with Crippen LogP contribution in [0, 0.1) is 0 Å². The molecule has 0 aliphatic carbocycles. The summed E-state index contributed by atoms with van der Waals surface area (Å²) in [7, 11) is 0. The lowest BCUT2D eigenvalue weighted by molar-refractivity contribution is 0.101. The van der Waals surface area contributed by atoms with Gasteiger partial charge >= 0.3 is 0 Å². The van der Waals surface area contributed by atoms with Crippen LogP contribution in [0.1, 0.15) is 37.7 Å². The number of hydrogen-bond donors (Lipinski definition) is 1. The fraction of sp³-hybridized carbons (Fsp3) is 0.474. The maximum Gasteiger partial charge on any atom is 0.0576 e. The number of nitrogens with two attached hydrogens (primary N) is 1. The van der Waals surface area contributed by atoms with Crippen molar-refractivity contribution in [2.75, 3.05) is 6.61 Å². The van der Waals surface area contributed by atoms with Gasteiger partial charge in [-0.05, 0) is 54.9 Å². The Morgan fingerprint density at radius 2 is 2.00 bits per heavy atom. The molecule has 21 heavy (non-hydrogen) atoms. The lowest BCUT2D eigenvalue weighted by Crippen LogP contribution is -2.23. The molecular weight excluding hydrogens is 258 g/mol. The highest BCUT2D eigenvalue weighted by atomic mass is 16.5. The van der Waals surface area contributed by atoms with Gasteiger partial charge in [0.2, 0.25) is 0 Å². The Balaban J connectivity index is 1.49. The minimum atomic E-state index is 0.257. The Morgan fingerprint density at radius 1 is 1.14 bits per heavy atom. The second-order valence-electron chi connectivity index (χ2n) is 6.21. The van der Waals surface area contributed by atoms with Crippen molar-refractivity contribution in [2.45, 2.75) is 50.7 Å². The normalized spacial score (nSPS) is 20.0. The monoisotopic (exact) mass is 283 g/mol. The van der Waals surface area contributed by atoms with Crippen molar-refractivity contribution in [3.8, 4) is 0 Å². The van der Waals surface area contributed by atoms with Crippen molar-refractivity contribution in [1.82, 2.24) is 0 Å². The molecule has 112 valence electrons. The topological polar surface area (TPSA) is 35.2 Å². The van der Waals surface area contributed by atoms with Crippen LogP contribution in [-0.2, 0) is 11.2 Å². The summed E-state index contributed by atoms with van der Waals surface area (Å²) in [5, 5.41) is 2.61. The Labute approximate surface area is 127 Å². The summed E-state index contributed by atoms with van der Waals surface area (Å²) < 4.78 is 5.66. The molecule has 1 saturated heterocycles. The third-order valence-corrected chi connectivity index (χ3v) is 4.44. The van der Waals surface area contributed by atoms with E-state index in [1.165, 1.54) is 42.0 Å². The fourth-order valence-electron chi connectivity index (χ4n) is 3.25. The largest absolute Gasteiger partial charge is 0.378 e. The third kappa shape index (κ3) is 4.05. The van der Waals surface area contributed by atoms with Gasteiger partial charge in [-0.3, -0.25) is 0 Å². The van der Waals surface area contributed by atoms with Crippen LogP contribution in [0.4, 0.5) is 0 Å². The summed E-state index contributed by atoms with van der Waals surface area (Å²) in [5.41, 5.74) is 7.64. The van der Waals surface area contributed by atoms with E-state index in [0.717, 1.165) is 19.4 Å². The van der Waals surface area contributed by atoms with E-state index in [9.17, 15) is 0 Å². The summed E-state index contributed by atoms with van der Waals surface area (Å²) in [6.07, 6.45) is 7.37. The van der Waals surface area contributed by atoms with Crippen LogP contribution < -0.4 is 5.73 Å². The van der Waals surface area contributed by atoms with E-state index in [0.29, 0.717) is 6.10 Å². The van der Waals surface area contributed by atoms with Crippen LogP contribution in [0.15, 0.2) is 42.5 Å². The minimum absolute atomic E-state index is 0.257. The van der Waals surface area contributed by atoms with Gasteiger partial charge in [0.15, 0.2) is 0 Å². The van der Waals surface area contributed by atoms with Crippen LogP contribution in [0.5, 0.6) is 0 Å². The second kappa shape index (κ2) is 7.06. The fourth-order valence-corrected chi connectivity index (χ4v) is 3.25. The van der Waals surface area contributed by atoms with Gasteiger partial charge in [0.25, 0.3) is 0 Å². The third-order valence-electron chi connectivity index (χ3n) is 4.44. The first-order valence-electron chi connectivity index (χ1n) is 8.16. The summed E-state index contributed by atoms with van der Waals surface area (Å²) >= 11 is 0. The van der Waals surface area contributed by atoms with Crippen LogP contribution in [-0.4, -0.2) is 18.8 Å². The highest BCUT2D eigenvalue weighted by molar-refractivity contribution is 5.82. The molecule has 0 bridgehead atoms. The van der Waals surface area contributed by atoms with Crippen LogP contribution in [0.2, 0.25) is 0 Å². The molecule has 0 radical (unpaired) electrons. The van der Waals surface area contributed by atoms with Crippen molar-refractivity contribution >= 4 is 10.8 Å². The smallest absolute Gasteiger partial charge is 0.0576 e. The summed E-state index contributed by atoms with van der Waals surface area (Å²) in [4.78, 5) is 0. The minimum Gasteiger partial charge on any atom is -0.378 e. The molecule has 2 unspecified atom stereocenters. The highest BCUT2D eigenvalue weighted by Gasteiger charge is 2.15. The molecule has 0 amide bonds. The molecule has 2 nitrogen and oxygen atoms in total. The summed E-state index contributed by atoms with van der Waals surface area (Å²) in [6, 6.07) is 15.4. The van der Waals surface area contributed by atoms with E-state index in [-0.39, 0.29) is 6.04 Å². The lowest BCUT2D eigenvalue weighted by Gasteiger charge is -2.14. The SMILES string of the molecule is NC(CCCC1CCCO1)Cc1ccc2ccccc2c1. The van der Waals surface area contributed by atoms with Gasteiger partial charge < -0.3 is 10.5 Å². The first-order valence-corrected chi connectivity index (χ1v) is 8.16. The first-order chi connectivity index (χ1) is 10.3. The molecule has 2 aromatic carbocycles. The maximum absolute atomic E-state index is 6.29. The molecule has 2 N–H and O–H groups in total. The molecule has 1 heterocycles. The zero-order chi connectivity index (χ0) is 14.5. The maximum atomic E-state index is 6.29. The number of ether oxygens (including phenoxy) is 1. The van der Waals surface area contributed by atoms with Crippen molar-refractivity contribution in [3.05, 3.63) is 48.0 Å². The van der Waals surface area contributed by atoms with Crippen molar-refractivity contribution in [1.29, 1.82) is 0 Å². The van der Waals surface area contributed by atoms with E-state index in [1.807, 2.05) is 0 Å². The number of rotatable bonds is 6. The summed E-state index contributed by atoms with van der Waals surface area (Å²) in [6.45, 7) is 0.952. The number of fused-ring (bicyclic) bond motifs is 1. The highest BCUT2D eigenvalue weighted by Crippen LogP contribution is 2.20. The number of hydrogen-bond acceptors (Lipinski definition) is 2. The molecule has 0 aromatic heterocycles. The predicted molar refractivity (Wildman–Crippen MR) is 88.5 cm³/mol. The molecule has 1 fully saturated rings. The lowest BCUT2D eigenvalue weighted by atomic mass is 9.98. The van der Waals surface area contributed by atoms with Gasteiger partial charge in [0, 0.05) is 12.6 Å². The molecule has 0 saturated carbocycles. The van der Waals surface area contributed by atoms with Crippen molar-refractivity contribution < 1.29 is 4.74 Å². The Kier molecular flexibility index (Phi) is 4.89. The molecule has 1 aliphatic heterocycles. The van der Waals surface area contributed by atoms with E-state index < -0.39 is 0 Å². The molecule has 0 spiro atoms. The standard InChI is InChI=1S/C19H25NO/c20-18(7-3-8-19-9-4-12-21-19)14-15-10-11-16-5-1-2-6-17(16)13-15/h1-2,5-6,10-11,13,18-19H,3-4,7-9,12,14,20H2. The molecular formula is C19H25NO. The van der Waals surface area contributed by atoms with Gasteiger partial charge in [-0.1, -0.05) is 42.5 Å². The van der Waals surface area contributed by atoms with Gasteiger partial charge in [0.1, 0.15) is 0 Å². The van der Waals surface area contributed by atoms with Crippen LogP contribution >= 0.6 is 0 Å². The van der Waals surface area contributed by atoms with E-state index in [4.69, 9.17) is 10.5 Å². The van der Waals surface area contributed by atoms with E-state index >= 15 is 0 Å². The zero-order valence-electron chi connectivity index (χ0n) is 12.6. The average Bonchev–Trinajstić information content (AvgIpc) is 3.00. The molecule has 3 rings (SSSR count). The Bertz CT molecular complexity index is 575. The second-order valence-corrected chi connectivity index (χ2v) is 6.21. The predicted octanol–water partition coefficient (Wildman–Crippen LogP) is 4.06. The summed E-state index contributed by atoms with van der Waals surface area (Å²) in [5.74, 6) is 0. The molecule has 2 heteroatoms.